The molecule has 3 rings (SSSR count). The van der Waals surface area contributed by atoms with E-state index in [1.165, 1.54) is 16.3 Å². The molecule has 2 N–H and O–H groups in total. The fraction of sp³-hybridized carbons (Fsp3) is 0.188. The fourth-order valence-electron chi connectivity index (χ4n) is 2.19. The van der Waals surface area contributed by atoms with Gasteiger partial charge in [-0.3, -0.25) is 4.68 Å². The third-order valence-electron chi connectivity index (χ3n) is 3.31. The Bertz CT molecular complexity index is 720. The first-order chi connectivity index (χ1) is 9.72. The minimum absolute atomic E-state index is 0.0322. The van der Waals surface area contributed by atoms with E-state index in [4.69, 9.17) is 5.73 Å². The lowest BCUT2D eigenvalue weighted by Gasteiger charge is -2.12. The van der Waals surface area contributed by atoms with Crippen molar-refractivity contribution < 1.29 is 0 Å². The Kier molecular flexibility index (Phi) is 3.76. The summed E-state index contributed by atoms with van der Waals surface area (Å²) in [5, 5.41) is 6.66. The van der Waals surface area contributed by atoms with Gasteiger partial charge in [0.1, 0.15) is 0 Å². The van der Waals surface area contributed by atoms with E-state index in [-0.39, 0.29) is 6.04 Å². The van der Waals surface area contributed by atoms with Crippen molar-refractivity contribution in [1.29, 1.82) is 0 Å². The highest BCUT2D eigenvalue weighted by atomic mass is 32.2. The first-order valence-corrected chi connectivity index (χ1v) is 7.57. The van der Waals surface area contributed by atoms with Crippen molar-refractivity contribution in [3.05, 3.63) is 60.4 Å². The SMILES string of the molecule is Cn1cc(SCC(N)c2ccc3ccccc3c2)cn1. The van der Waals surface area contributed by atoms with Crippen molar-refractivity contribution in [3.8, 4) is 0 Å². The summed E-state index contributed by atoms with van der Waals surface area (Å²) in [5.74, 6) is 0.851. The molecule has 0 radical (unpaired) electrons. The molecule has 4 heteroatoms. The zero-order valence-corrected chi connectivity index (χ0v) is 12.2. The molecule has 0 aliphatic rings. The second-order valence-corrected chi connectivity index (χ2v) is 5.97. The Labute approximate surface area is 122 Å². The van der Waals surface area contributed by atoms with Crippen LogP contribution < -0.4 is 5.73 Å². The van der Waals surface area contributed by atoms with Gasteiger partial charge in [-0.2, -0.15) is 5.10 Å². The van der Waals surface area contributed by atoms with Crippen molar-refractivity contribution >= 4 is 22.5 Å². The summed E-state index contributed by atoms with van der Waals surface area (Å²) in [5.41, 5.74) is 7.47. The fourth-order valence-corrected chi connectivity index (χ4v) is 3.11. The number of nitrogens with zero attached hydrogens (tertiary/aromatic N) is 2. The molecule has 2 aromatic carbocycles. The molecule has 0 fully saturated rings. The van der Waals surface area contributed by atoms with Gasteiger partial charge in [0.15, 0.2) is 0 Å². The molecule has 0 aliphatic carbocycles. The summed E-state index contributed by atoms with van der Waals surface area (Å²) < 4.78 is 1.81. The van der Waals surface area contributed by atoms with Crippen LogP contribution in [0.25, 0.3) is 10.8 Å². The summed E-state index contributed by atoms with van der Waals surface area (Å²) >= 11 is 1.74. The molecule has 1 heterocycles. The number of nitrogens with two attached hydrogens (primary N) is 1. The molecule has 0 amide bonds. The van der Waals surface area contributed by atoms with E-state index in [2.05, 4.69) is 47.6 Å². The van der Waals surface area contributed by atoms with Crippen LogP contribution in [-0.4, -0.2) is 15.5 Å². The average molecular weight is 283 g/mol. The van der Waals surface area contributed by atoms with Gasteiger partial charge in [-0.1, -0.05) is 36.4 Å². The molecule has 0 aliphatic heterocycles. The van der Waals surface area contributed by atoms with E-state index in [0.29, 0.717) is 0 Å². The number of fused-ring (bicyclic) bond motifs is 1. The zero-order valence-electron chi connectivity index (χ0n) is 11.4. The van der Waals surface area contributed by atoms with Crippen molar-refractivity contribution in [2.24, 2.45) is 12.8 Å². The standard InChI is InChI=1S/C16H17N3S/c1-19-10-15(9-18-19)20-11-16(17)14-7-6-12-4-2-3-5-13(12)8-14/h2-10,16H,11,17H2,1H3. The van der Waals surface area contributed by atoms with E-state index in [9.17, 15) is 0 Å². The van der Waals surface area contributed by atoms with Gasteiger partial charge in [0.2, 0.25) is 0 Å². The molecule has 1 atom stereocenters. The van der Waals surface area contributed by atoms with Crippen LogP contribution in [0.5, 0.6) is 0 Å². The van der Waals surface area contributed by atoms with Gasteiger partial charge in [-0.05, 0) is 22.4 Å². The molecule has 0 saturated carbocycles. The van der Waals surface area contributed by atoms with Crippen LogP contribution >= 0.6 is 11.8 Å². The summed E-state index contributed by atoms with van der Waals surface area (Å²) in [7, 11) is 1.92. The minimum atomic E-state index is 0.0322. The summed E-state index contributed by atoms with van der Waals surface area (Å²) in [6.45, 7) is 0. The Morgan fingerprint density at radius 2 is 2.00 bits per heavy atom. The van der Waals surface area contributed by atoms with E-state index in [0.717, 1.165) is 10.6 Å². The number of hydrogen-bond donors (Lipinski definition) is 1. The number of hydrogen-bond acceptors (Lipinski definition) is 3. The molecule has 0 saturated heterocycles. The van der Waals surface area contributed by atoms with Gasteiger partial charge in [0, 0.05) is 29.9 Å². The normalized spacial score (nSPS) is 12.7. The Balaban J connectivity index is 1.73. The average Bonchev–Trinajstić information content (AvgIpc) is 2.90. The minimum Gasteiger partial charge on any atom is -0.323 e. The van der Waals surface area contributed by atoms with Gasteiger partial charge in [0.25, 0.3) is 0 Å². The molecule has 3 aromatic rings. The van der Waals surface area contributed by atoms with Crippen molar-refractivity contribution in [1.82, 2.24) is 9.78 Å². The van der Waals surface area contributed by atoms with Crippen molar-refractivity contribution in [2.75, 3.05) is 5.75 Å². The van der Waals surface area contributed by atoms with Gasteiger partial charge < -0.3 is 5.73 Å². The Morgan fingerprint density at radius 1 is 1.20 bits per heavy atom. The predicted octanol–water partition coefficient (Wildman–Crippen LogP) is 3.37. The largest absolute Gasteiger partial charge is 0.323 e. The highest BCUT2D eigenvalue weighted by Gasteiger charge is 2.08. The van der Waals surface area contributed by atoms with Crippen LogP contribution in [-0.2, 0) is 7.05 Å². The van der Waals surface area contributed by atoms with Crippen LogP contribution in [0.15, 0.2) is 59.8 Å². The van der Waals surface area contributed by atoms with Crippen molar-refractivity contribution in [2.45, 2.75) is 10.9 Å². The van der Waals surface area contributed by atoms with Gasteiger partial charge in [0.05, 0.1) is 6.20 Å². The first-order valence-electron chi connectivity index (χ1n) is 6.58. The summed E-state index contributed by atoms with van der Waals surface area (Å²) in [6.07, 6.45) is 3.88. The van der Waals surface area contributed by atoms with E-state index >= 15 is 0 Å². The molecule has 20 heavy (non-hydrogen) atoms. The molecular formula is C16H17N3S. The molecule has 1 aromatic heterocycles. The quantitative estimate of drug-likeness (QED) is 0.747. The second kappa shape index (κ2) is 5.69. The lowest BCUT2D eigenvalue weighted by Crippen LogP contribution is -2.12. The van der Waals surface area contributed by atoms with Crippen LogP contribution in [0.2, 0.25) is 0 Å². The smallest absolute Gasteiger partial charge is 0.0625 e. The van der Waals surface area contributed by atoms with E-state index < -0.39 is 0 Å². The second-order valence-electron chi connectivity index (χ2n) is 4.87. The lowest BCUT2D eigenvalue weighted by molar-refractivity contribution is 0.766. The van der Waals surface area contributed by atoms with Gasteiger partial charge in [-0.25, -0.2) is 0 Å². The van der Waals surface area contributed by atoms with Crippen LogP contribution in [0, 0.1) is 0 Å². The van der Waals surface area contributed by atoms with Gasteiger partial charge >= 0.3 is 0 Å². The zero-order chi connectivity index (χ0) is 13.9. The highest BCUT2D eigenvalue weighted by molar-refractivity contribution is 7.99. The van der Waals surface area contributed by atoms with E-state index in [1.54, 1.807) is 11.8 Å². The molecular weight excluding hydrogens is 266 g/mol. The molecule has 102 valence electrons. The monoisotopic (exact) mass is 283 g/mol. The van der Waals surface area contributed by atoms with Crippen molar-refractivity contribution in [3.63, 3.8) is 0 Å². The maximum atomic E-state index is 6.29. The Hall–Kier alpha value is -1.78. The van der Waals surface area contributed by atoms with E-state index in [1.807, 2.05) is 24.1 Å². The molecule has 0 spiro atoms. The third kappa shape index (κ3) is 2.86. The summed E-state index contributed by atoms with van der Waals surface area (Å²) in [6, 6.07) is 14.8. The van der Waals surface area contributed by atoms with Crippen LogP contribution in [0.3, 0.4) is 0 Å². The number of rotatable bonds is 4. The Morgan fingerprint density at radius 3 is 2.75 bits per heavy atom. The number of thioether (sulfide) groups is 1. The van der Waals surface area contributed by atoms with Gasteiger partial charge in [-0.15, -0.1) is 11.8 Å². The lowest BCUT2D eigenvalue weighted by atomic mass is 10.0. The first kappa shape index (κ1) is 13.2. The summed E-state index contributed by atoms with van der Waals surface area (Å²) in [4.78, 5) is 1.16. The highest BCUT2D eigenvalue weighted by Crippen LogP contribution is 2.25. The third-order valence-corrected chi connectivity index (χ3v) is 4.38. The maximum absolute atomic E-state index is 6.29. The molecule has 1 unspecified atom stereocenters. The number of aryl methyl sites for hydroxylation is 1. The predicted molar refractivity (Wildman–Crippen MR) is 84.8 cm³/mol. The molecule has 0 bridgehead atoms. The maximum Gasteiger partial charge on any atom is 0.0625 e. The number of aromatic nitrogens is 2. The topological polar surface area (TPSA) is 43.8 Å². The molecule has 3 nitrogen and oxygen atoms in total. The van der Waals surface area contributed by atoms with Crippen LogP contribution in [0.1, 0.15) is 11.6 Å². The number of benzene rings is 2. The van der Waals surface area contributed by atoms with Crippen LogP contribution in [0.4, 0.5) is 0 Å².